The van der Waals surface area contributed by atoms with Gasteiger partial charge in [-0.15, -0.1) is 0 Å². The Bertz CT molecular complexity index is 315. The molecule has 2 N–H and O–H groups in total. The van der Waals surface area contributed by atoms with Gasteiger partial charge in [-0.2, -0.15) is 0 Å². The fourth-order valence-corrected chi connectivity index (χ4v) is 2.33. The molecule has 1 aliphatic carbocycles. The minimum absolute atomic E-state index is 0.0127. The lowest BCUT2D eigenvalue weighted by Gasteiger charge is -2.29. The van der Waals surface area contributed by atoms with E-state index in [-0.39, 0.29) is 17.9 Å². The summed E-state index contributed by atoms with van der Waals surface area (Å²) in [5.74, 6) is -0.868. The van der Waals surface area contributed by atoms with Crippen molar-refractivity contribution in [3.05, 3.63) is 0 Å². The van der Waals surface area contributed by atoms with E-state index in [1.165, 1.54) is 12.8 Å². The van der Waals surface area contributed by atoms with E-state index >= 15 is 0 Å². The molecule has 0 unspecified atom stereocenters. The van der Waals surface area contributed by atoms with Crippen LogP contribution in [0, 0.1) is 10.8 Å². The number of amides is 1. The zero-order chi connectivity index (χ0) is 13.8. The number of hydrogen-bond acceptors (Lipinski definition) is 2. The van der Waals surface area contributed by atoms with E-state index in [9.17, 15) is 9.59 Å². The molecule has 0 saturated heterocycles. The molecule has 1 amide bonds. The maximum atomic E-state index is 12.2. The Labute approximate surface area is 109 Å². The summed E-state index contributed by atoms with van der Waals surface area (Å²) in [7, 11) is 0. The summed E-state index contributed by atoms with van der Waals surface area (Å²) in [5, 5.41) is 11.8. The molecule has 0 atom stereocenters. The minimum atomic E-state index is -0.906. The second kappa shape index (κ2) is 5.72. The first-order valence-corrected chi connectivity index (χ1v) is 6.80. The van der Waals surface area contributed by atoms with Crippen LogP contribution in [0.15, 0.2) is 0 Å². The topological polar surface area (TPSA) is 66.4 Å². The average Bonchev–Trinajstić information content (AvgIpc) is 2.52. The summed E-state index contributed by atoms with van der Waals surface area (Å²) in [5.41, 5.74) is -1.22. The molecular formula is C14H25NO3. The van der Waals surface area contributed by atoms with Crippen LogP contribution in [0.25, 0.3) is 0 Å². The van der Waals surface area contributed by atoms with Crippen molar-refractivity contribution in [2.75, 3.05) is 6.54 Å². The molecular weight excluding hydrogens is 230 g/mol. The second-order valence-corrected chi connectivity index (χ2v) is 6.35. The van der Waals surface area contributed by atoms with Crippen LogP contribution in [0.5, 0.6) is 0 Å². The SMILES string of the molecule is CC(C)(CNC(=O)C1(C)CCCCCC1)C(=O)O. The van der Waals surface area contributed by atoms with Crippen LogP contribution >= 0.6 is 0 Å². The summed E-state index contributed by atoms with van der Waals surface area (Å²) >= 11 is 0. The normalized spacial score (nSPS) is 19.9. The van der Waals surface area contributed by atoms with Gasteiger partial charge in [-0.3, -0.25) is 9.59 Å². The van der Waals surface area contributed by atoms with Crippen molar-refractivity contribution in [3.8, 4) is 0 Å². The lowest BCUT2D eigenvalue weighted by Crippen LogP contribution is -2.45. The predicted octanol–water partition coefficient (Wildman–Crippen LogP) is 2.57. The highest BCUT2D eigenvalue weighted by molar-refractivity contribution is 5.83. The molecule has 0 aromatic heterocycles. The highest BCUT2D eigenvalue weighted by Crippen LogP contribution is 2.34. The van der Waals surface area contributed by atoms with Gasteiger partial charge in [0.1, 0.15) is 0 Å². The molecule has 0 heterocycles. The largest absolute Gasteiger partial charge is 0.481 e. The molecule has 1 aliphatic rings. The quantitative estimate of drug-likeness (QED) is 0.759. The number of aliphatic carboxylic acids is 1. The Morgan fingerprint density at radius 1 is 1.17 bits per heavy atom. The van der Waals surface area contributed by atoms with Crippen molar-refractivity contribution in [3.63, 3.8) is 0 Å². The van der Waals surface area contributed by atoms with Gasteiger partial charge in [0.2, 0.25) is 5.91 Å². The van der Waals surface area contributed by atoms with Crippen LogP contribution in [0.2, 0.25) is 0 Å². The maximum absolute atomic E-state index is 12.2. The first-order chi connectivity index (χ1) is 8.28. The monoisotopic (exact) mass is 255 g/mol. The van der Waals surface area contributed by atoms with E-state index < -0.39 is 11.4 Å². The molecule has 18 heavy (non-hydrogen) atoms. The lowest BCUT2D eigenvalue weighted by atomic mass is 9.81. The predicted molar refractivity (Wildman–Crippen MR) is 70.2 cm³/mol. The van der Waals surface area contributed by atoms with Gasteiger partial charge in [-0.25, -0.2) is 0 Å². The maximum Gasteiger partial charge on any atom is 0.310 e. The Hall–Kier alpha value is -1.06. The molecule has 0 aliphatic heterocycles. The summed E-state index contributed by atoms with van der Waals surface area (Å²) in [4.78, 5) is 23.2. The van der Waals surface area contributed by atoms with Gasteiger partial charge in [-0.1, -0.05) is 32.6 Å². The van der Waals surface area contributed by atoms with Crippen molar-refractivity contribution in [2.24, 2.45) is 10.8 Å². The van der Waals surface area contributed by atoms with Crippen LogP contribution < -0.4 is 5.32 Å². The molecule has 4 heteroatoms. The molecule has 1 saturated carbocycles. The van der Waals surface area contributed by atoms with E-state index in [2.05, 4.69) is 5.32 Å². The molecule has 1 rings (SSSR count). The third-order valence-electron chi connectivity index (χ3n) is 4.03. The van der Waals surface area contributed by atoms with Crippen molar-refractivity contribution in [2.45, 2.75) is 59.3 Å². The van der Waals surface area contributed by atoms with Crippen molar-refractivity contribution >= 4 is 11.9 Å². The molecule has 0 radical (unpaired) electrons. The highest BCUT2D eigenvalue weighted by Gasteiger charge is 2.35. The Morgan fingerprint density at radius 2 is 1.67 bits per heavy atom. The summed E-state index contributed by atoms with van der Waals surface area (Å²) in [6.45, 7) is 5.45. The van der Waals surface area contributed by atoms with Gasteiger partial charge in [0.15, 0.2) is 0 Å². The van der Waals surface area contributed by atoms with Gasteiger partial charge in [0.05, 0.1) is 5.41 Å². The van der Waals surface area contributed by atoms with Crippen LogP contribution in [-0.2, 0) is 9.59 Å². The first kappa shape index (κ1) is 15.0. The second-order valence-electron chi connectivity index (χ2n) is 6.35. The molecule has 1 fully saturated rings. The molecule has 0 spiro atoms. The standard InChI is InChI=1S/C14H25NO3/c1-13(2,12(17)18)10-15-11(16)14(3)8-6-4-5-7-9-14/h4-10H2,1-3H3,(H,15,16)(H,17,18). The van der Waals surface area contributed by atoms with Gasteiger partial charge in [0, 0.05) is 12.0 Å². The van der Waals surface area contributed by atoms with Gasteiger partial charge in [-0.05, 0) is 26.7 Å². The number of carbonyl (C=O) groups is 2. The summed E-state index contributed by atoms with van der Waals surface area (Å²) in [6.07, 6.45) is 6.39. The zero-order valence-corrected chi connectivity index (χ0v) is 11.7. The smallest absolute Gasteiger partial charge is 0.310 e. The van der Waals surface area contributed by atoms with Crippen LogP contribution in [-0.4, -0.2) is 23.5 Å². The Balaban J connectivity index is 2.56. The summed E-state index contributed by atoms with van der Waals surface area (Å²) in [6, 6.07) is 0. The van der Waals surface area contributed by atoms with Crippen LogP contribution in [0.4, 0.5) is 0 Å². The highest BCUT2D eigenvalue weighted by atomic mass is 16.4. The molecule has 4 nitrogen and oxygen atoms in total. The lowest BCUT2D eigenvalue weighted by molar-refractivity contribution is -0.147. The molecule has 0 bridgehead atoms. The van der Waals surface area contributed by atoms with Crippen LogP contribution in [0.1, 0.15) is 59.3 Å². The van der Waals surface area contributed by atoms with Gasteiger partial charge in [0.25, 0.3) is 0 Å². The third kappa shape index (κ3) is 3.72. The molecule has 0 aromatic rings. The third-order valence-corrected chi connectivity index (χ3v) is 4.03. The van der Waals surface area contributed by atoms with Gasteiger partial charge >= 0.3 is 5.97 Å². The zero-order valence-electron chi connectivity index (χ0n) is 11.7. The number of carboxylic acids is 1. The van der Waals surface area contributed by atoms with E-state index in [1.807, 2.05) is 6.92 Å². The number of carbonyl (C=O) groups excluding carboxylic acids is 1. The van der Waals surface area contributed by atoms with E-state index in [1.54, 1.807) is 13.8 Å². The first-order valence-electron chi connectivity index (χ1n) is 6.80. The van der Waals surface area contributed by atoms with Crippen molar-refractivity contribution < 1.29 is 14.7 Å². The fraction of sp³-hybridized carbons (Fsp3) is 0.857. The van der Waals surface area contributed by atoms with E-state index in [4.69, 9.17) is 5.11 Å². The minimum Gasteiger partial charge on any atom is -0.481 e. The Kier molecular flexibility index (Phi) is 4.77. The van der Waals surface area contributed by atoms with E-state index in [0.717, 1.165) is 25.7 Å². The van der Waals surface area contributed by atoms with Crippen molar-refractivity contribution in [1.82, 2.24) is 5.32 Å². The number of rotatable bonds is 4. The number of nitrogens with one attached hydrogen (secondary N) is 1. The van der Waals surface area contributed by atoms with Crippen molar-refractivity contribution in [1.29, 1.82) is 0 Å². The number of hydrogen-bond donors (Lipinski definition) is 2. The number of carboxylic acid groups (broad SMARTS) is 1. The Morgan fingerprint density at radius 3 is 2.11 bits per heavy atom. The van der Waals surface area contributed by atoms with Crippen LogP contribution in [0.3, 0.4) is 0 Å². The molecule has 0 aromatic carbocycles. The summed E-state index contributed by atoms with van der Waals surface area (Å²) < 4.78 is 0. The average molecular weight is 255 g/mol. The van der Waals surface area contributed by atoms with Gasteiger partial charge < -0.3 is 10.4 Å². The van der Waals surface area contributed by atoms with E-state index in [0.29, 0.717) is 0 Å². The molecule has 104 valence electrons. The fourth-order valence-electron chi connectivity index (χ4n) is 2.33.